The Kier molecular flexibility index (Phi) is 6.57. The van der Waals surface area contributed by atoms with E-state index in [1.807, 2.05) is 24.3 Å². The molecule has 164 valence electrons. The lowest BCUT2D eigenvalue weighted by molar-refractivity contribution is -0.125. The summed E-state index contributed by atoms with van der Waals surface area (Å²) < 4.78 is 10.9. The summed E-state index contributed by atoms with van der Waals surface area (Å²) in [7, 11) is 1.53. The van der Waals surface area contributed by atoms with Crippen LogP contribution < -0.4 is 15.1 Å². The molecule has 4 rings (SSSR count). The van der Waals surface area contributed by atoms with E-state index in [2.05, 4.69) is 5.32 Å². The Labute approximate surface area is 188 Å². The molecule has 2 aromatic rings. The van der Waals surface area contributed by atoms with Gasteiger partial charge >= 0.3 is 0 Å². The number of morpholine rings is 1. The zero-order valence-corrected chi connectivity index (χ0v) is 18.4. The molecule has 0 spiro atoms. The summed E-state index contributed by atoms with van der Waals surface area (Å²) in [5, 5.41) is 2.95. The van der Waals surface area contributed by atoms with Gasteiger partial charge in [0.2, 0.25) is 5.91 Å². The Hall–Kier alpha value is -2.46. The third kappa shape index (κ3) is 4.59. The van der Waals surface area contributed by atoms with Crippen LogP contribution >= 0.6 is 22.9 Å². The Bertz CT molecular complexity index is 980. The summed E-state index contributed by atoms with van der Waals surface area (Å²) in [6.45, 7) is 1.59. The molecule has 1 aromatic carbocycles. The van der Waals surface area contributed by atoms with Crippen molar-refractivity contribution in [2.24, 2.45) is 5.92 Å². The fraction of sp³-hybridized carbons (Fsp3) is 0.381. The lowest BCUT2D eigenvalue weighted by Gasteiger charge is -2.27. The standard InChI is InChI=1S/C21H22ClN3O5S/c1-29-11-15-16(23-20(27)17-6-7-18(22)31-17)10-25(21(15)28)14-4-2-13(3-5-14)24-8-9-30-12-19(24)26/h2-7,15-16H,8-12H2,1H3,(H,23,27)/t15-,16+/m1/s1. The second kappa shape index (κ2) is 9.35. The van der Waals surface area contributed by atoms with E-state index >= 15 is 0 Å². The minimum absolute atomic E-state index is 0.0713. The Morgan fingerprint density at radius 1 is 1.19 bits per heavy atom. The summed E-state index contributed by atoms with van der Waals surface area (Å²) >= 11 is 7.12. The van der Waals surface area contributed by atoms with E-state index < -0.39 is 12.0 Å². The van der Waals surface area contributed by atoms with E-state index in [-0.39, 0.29) is 30.9 Å². The van der Waals surface area contributed by atoms with Gasteiger partial charge in [-0.05, 0) is 36.4 Å². The van der Waals surface area contributed by atoms with Crippen LogP contribution in [-0.2, 0) is 19.1 Å². The predicted molar refractivity (Wildman–Crippen MR) is 118 cm³/mol. The van der Waals surface area contributed by atoms with E-state index in [0.29, 0.717) is 34.6 Å². The minimum Gasteiger partial charge on any atom is -0.384 e. The van der Waals surface area contributed by atoms with Crippen molar-refractivity contribution in [2.75, 3.05) is 49.8 Å². The molecule has 10 heteroatoms. The molecule has 0 radical (unpaired) electrons. The van der Waals surface area contributed by atoms with Crippen LogP contribution in [0.15, 0.2) is 36.4 Å². The molecule has 0 unspecified atom stereocenters. The average molecular weight is 464 g/mol. The predicted octanol–water partition coefficient (Wildman–Crippen LogP) is 2.17. The van der Waals surface area contributed by atoms with Gasteiger partial charge in [-0.15, -0.1) is 11.3 Å². The molecule has 0 bridgehead atoms. The quantitative estimate of drug-likeness (QED) is 0.709. The fourth-order valence-electron chi connectivity index (χ4n) is 3.81. The van der Waals surface area contributed by atoms with Crippen molar-refractivity contribution in [3.05, 3.63) is 45.6 Å². The number of halogens is 1. The molecule has 31 heavy (non-hydrogen) atoms. The molecular weight excluding hydrogens is 442 g/mol. The summed E-state index contributed by atoms with van der Waals surface area (Å²) in [6.07, 6.45) is 0. The Morgan fingerprint density at radius 3 is 2.52 bits per heavy atom. The smallest absolute Gasteiger partial charge is 0.261 e. The Morgan fingerprint density at radius 2 is 1.90 bits per heavy atom. The van der Waals surface area contributed by atoms with Crippen molar-refractivity contribution < 1.29 is 23.9 Å². The van der Waals surface area contributed by atoms with Crippen LogP contribution in [0.1, 0.15) is 9.67 Å². The van der Waals surface area contributed by atoms with Crippen LogP contribution in [0, 0.1) is 5.92 Å². The summed E-state index contributed by atoms with van der Waals surface area (Å²) in [4.78, 5) is 41.5. The van der Waals surface area contributed by atoms with Crippen molar-refractivity contribution in [1.29, 1.82) is 0 Å². The van der Waals surface area contributed by atoms with Crippen LogP contribution in [0.2, 0.25) is 4.34 Å². The molecule has 1 aromatic heterocycles. The van der Waals surface area contributed by atoms with Gasteiger partial charge in [-0.3, -0.25) is 14.4 Å². The first-order valence-electron chi connectivity index (χ1n) is 9.82. The van der Waals surface area contributed by atoms with Crippen molar-refractivity contribution in [1.82, 2.24) is 5.32 Å². The highest BCUT2D eigenvalue weighted by atomic mass is 35.5. The SMILES string of the molecule is COC[C@H]1C(=O)N(c2ccc(N3CCOCC3=O)cc2)C[C@@H]1NC(=O)c1ccc(Cl)s1. The number of methoxy groups -OCH3 is 1. The number of anilines is 2. The van der Waals surface area contributed by atoms with Gasteiger partial charge in [0, 0.05) is 31.6 Å². The summed E-state index contributed by atoms with van der Waals surface area (Å²) in [5.41, 5.74) is 1.46. The third-order valence-corrected chi connectivity index (χ3v) is 6.60. The zero-order valence-electron chi connectivity index (χ0n) is 16.9. The van der Waals surface area contributed by atoms with Gasteiger partial charge in [0.05, 0.1) is 34.4 Å². The minimum atomic E-state index is -0.495. The van der Waals surface area contributed by atoms with Crippen molar-refractivity contribution in [2.45, 2.75) is 6.04 Å². The average Bonchev–Trinajstić information content (AvgIpc) is 3.33. The Balaban J connectivity index is 1.49. The van der Waals surface area contributed by atoms with E-state index in [1.54, 1.807) is 21.9 Å². The molecule has 2 aliphatic heterocycles. The fourth-order valence-corrected chi connectivity index (χ4v) is 4.76. The first-order valence-corrected chi connectivity index (χ1v) is 11.0. The third-order valence-electron chi connectivity index (χ3n) is 5.37. The number of nitrogens with one attached hydrogen (secondary N) is 1. The number of rotatable bonds is 6. The molecule has 0 aliphatic carbocycles. The van der Waals surface area contributed by atoms with Crippen molar-refractivity contribution in [3.63, 3.8) is 0 Å². The molecule has 3 amide bonds. The van der Waals surface area contributed by atoms with Gasteiger partial charge in [0.1, 0.15) is 6.61 Å². The van der Waals surface area contributed by atoms with Gasteiger partial charge < -0.3 is 24.6 Å². The van der Waals surface area contributed by atoms with Crippen LogP contribution in [0.3, 0.4) is 0 Å². The first kappa shape index (κ1) is 21.8. The number of hydrogen-bond donors (Lipinski definition) is 1. The second-order valence-corrected chi connectivity index (χ2v) is 9.02. The summed E-state index contributed by atoms with van der Waals surface area (Å²) in [5.74, 6) is -0.969. The second-order valence-electron chi connectivity index (χ2n) is 7.31. The number of thiophene rings is 1. The maximum Gasteiger partial charge on any atom is 0.261 e. The van der Waals surface area contributed by atoms with Gasteiger partial charge in [-0.1, -0.05) is 11.6 Å². The molecule has 3 heterocycles. The molecule has 2 fully saturated rings. The number of ether oxygens (including phenoxy) is 2. The van der Waals surface area contributed by atoms with Crippen LogP contribution in [0.25, 0.3) is 0 Å². The number of carbonyl (C=O) groups excluding carboxylic acids is 3. The van der Waals surface area contributed by atoms with Crippen LogP contribution in [0.5, 0.6) is 0 Å². The molecule has 2 aliphatic rings. The molecule has 1 N–H and O–H groups in total. The zero-order chi connectivity index (χ0) is 22.0. The van der Waals surface area contributed by atoms with Gasteiger partial charge in [-0.2, -0.15) is 0 Å². The normalized spacial score (nSPS) is 21.6. The lowest BCUT2D eigenvalue weighted by Crippen LogP contribution is -2.42. The number of hydrogen-bond acceptors (Lipinski definition) is 6. The van der Waals surface area contributed by atoms with Crippen molar-refractivity contribution in [3.8, 4) is 0 Å². The van der Waals surface area contributed by atoms with E-state index in [1.165, 1.54) is 18.4 Å². The maximum absolute atomic E-state index is 13.1. The highest BCUT2D eigenvalue weighted by Gasteiger charge is 2.42. The largest absolute Gasteiger partial charge is 0.384 e. The number of benzene rings is 1. The van der Waals surface area contributed by atoms with Gasteiger partial charge in [0.15, 0.2) is 0 Å². The van der Waals surface area contributed by atoms with Gasteiger partial charge in [-0.25, -0.2) is 0 Å². The molecule has 0 saturated carbocycles. The monoisotopic (exact) mass is 463 g/mol. The lowest BCUT2D eigenvalue weighted by atomic mass is 10.0. The maximum atomic E-state index is 13.1. The molecule has 2 saturated heterocycles. The first-order chi connectivity index (χ1) is 15.0. The number of amides is 3. The molecule has 2 atom stereocenters. The van der Waals surface area contributed by atoms with E-state index in [0.717, 1.165) is 5.69 Å². The van der Waals surface area contributed by atoms with E-state index in [4.69, 9.17) is 21.1 Å². The number of nitrogens with zero attached hydrogens (tertiary/aromatic N) is 2. The molecular formula is C21H22ClN3O5S. The summed E-state index contributed by atoms with van der Waals surface area (Å²) in [6, 6.07) is 10.2. The van der Waals surface area contributed by atoms with Crippen molar-refractivity contribution >= 4 is 52.0 Å². The van der Waals surface area contributed by atoms with Crippen LogP contribution in [-0.4, -0.2) is 63.8 Å². The molecule has 8 nitrogen and oxygen atoms in total. The highest BCUT2D eigenvalue weighted by Crippen LogP contribution is 2.29. The van der Waals surface area contributed by atoms with Crippen LogP contribution in [0.4, 0.5) is 11.4 Å². The highest BCUT2D eigenvalue weighted by molar-refractivity contribution is 7.18. The van der Waals surface area contributed by atoms with Gasteiger partial charge in [0.25, 0.3) is 11.8 Å². The topological polar surface area (TPSA) is 88.2 Å². The number of carbonyl (C=O) groups is 3. The van der Waals surface area contributed by atoms with E-state index in [9.17, 15) is 14.4 Å².